The second-order valence-electron chi connectivity index (χ2n) is 4.48. The molecule has 1 fully saturated rings. The summed E-state index contributed by atoms with van der Waals surface area (Å²) >= 11 is 0. The largest absolute Gasteiger partial charge is 0.493 e. The number of nitrogens with one attached hydrogen (secondary N) is 1. The molecular formula is C13H14N2O3. The van der Waals surface area contributed by atoms with Crippen LogP contribution in [-0.2, 0) is 10.3 Å². The number of amides is 3. The fraction of sp³-hybridized carbons (Fsp3) is 0.385. The van der Waals surface area contributed by atoms with Gasteiger partial charge in [-0.1, -0.05) is 18.2 Å². The Kier molecular flexibility index (Phi) is 2.29. The zero-order chi connectivity index (χ0) is 12.8. The van der Waals surface area contributed by atoms with Crippen LogP contribution in [0.2, 0.25) is 0 Å². The second kappa shape index (κ2) is 3.73. The van der Waals surface area contributed by atoms with E-state index in [2.05, 4.69) is 5.32 Å². The fourth-order valence-electron chi connectivity index (χ4n) is 2.66. The predicted molar refractivity (Wildman–Crippen MR) is 64.2 cm³/mol. The highest BCUT2D eigenvalue weighted by atomic mass is 16.5. The van der Waals surface area contributed by atoms with Crippen LogP contribution >= 0.6 is 0 Å². The highest BCUT2D eigenvalue weighted by Gasteiger charge is 2.54. The number of imide groups is 1. The van der Waals surface area contributed by atoms with E-state index < -0.39 is 5.54 Å². The van der Waals surface area contributed by atoms with Gasteiger partial charge in [-0.05, 0) is 13.0 Å². The third kappa shape index (κ3) is 1.27. The van der Waals surface area contributed by atoms with Crippen LogP contribution in [-0.4, -0.2) is 30.0 Å². The Morgan fingerprint density at radius 1 is 1.39 bits per heavy atom. The van der Waals surface area contributed by atoms with E-state index in [4.69, 9.17) is 4.74 Å². The monoisotopic (exact) mass is 246 g/mol. The minimum absolute atomic E-state index is 0.175. The van der Waals surface area contributed by atoms with E-state index in [0.717, 1.165) is 5.56 Å². The molecule has 3 rings (SSSR count). The molecule has 3 amide bonds. The third-order valence-corrected chi connectivity index (χ3v) is 3.57. The molecule has 1 N–H and O–H groups in total. The number of carbonyl (C=O) groups excluding carboxylic acids is 2. The molecule has 1 saturated heterocycles. The van der Waals surface area contributed by atoms with Gasteiger partial charge < -0.3 is 10.1 Å². The summed E-state index contributed by atoms with van der Waals surface area (Å²) in [6.07, 6.45) is 0.477. The van der Waals surface area contributed by atoms with Crippen LogP contribution in [0.3, 0.4) is 0 Å². The number of hydrogen-bond acceptors (Lipinski definition) is 3. The van der Waals surface area contributed by atoms with E-state index in [0.29, 0.717) is 25.3 Å². The van der Waals surface area contributed by atoms with Crippen molar-refractivity contribution in [1.82, 2.24) is 10.2 Å². The van der Waals surface area contributed by atoms with Gasteiger partial charge in [-0.15, -0.1) is 0 Å². The molecule has 0 radical (unpaired) electrons. The Hall–Kier alpha value is -2.04. The number of fused-ring (bicyclic) bond motifs is 2. The second-order valence-corrected chi connectivity index (χ2v) is 4.48. The molecule has 1 spiro atoms. The van der Waals surface area contributed by atoms with Gasteiger partial charge in [0, 0.05) is 18.5 Å². The van der Waals surface area contributed by atoms with Crippen molar-refractivity contribution in [3.05, 3.63) is 29.8 Å². The summed E-state index contributed by atoms with van der Waals surface area (Å²) in [6, 6.07) is 7.05. The highest BCUT2D eigenvalue weighted by molar-refractivity contribution is 6.07. The molecule has 1 aromatic rings. The number of ether oxygens (including phenoxy) is 1. The van der Waals surface area contributed by atoms with E-state index in [1.165, 1.54) is 4.90 Å². The molecule has 18 heavy (non-hydrogen) atoms. The van der Waals surface area contributed by atoms with Crippen molar-refractivity contribution in [1.29, 1.82) is 0 Å². The lowest BCUT2D eigenvalue weighted by Crippen LogP contribution is -2.47. The summed E-state index contributed by atoms with van der Waals surface area (Å²) in [4.78, 5) is 25.6. The van der Waals surface area contributed by atoms with Gasteiger partial charge in [0.2, 0.25) is 0 Å². The molecule has 94 valence electrons. The number of carbonyl (C=O) groups is 2. The molecule has 0 unspecified atom stereocenters. The summed E-state index contributed by atoms with van der Waals surface area (Å²) in [5.74, 6) is 0.501. The lowest BCUT2D eigenvalue weighted by molar-refractivity contribution is -0.132. The Morgan fingerprint density at radius 3 is 2.89 bits per heavy atom. The highest BCUT2D eigenvalue weighted by Crippen LogP contribution is 2.40. The molecule has 0 aromatic heterocycles. The average Bonchev–Trinajstić information content (AvgIpc) is 2.62. The van der Waals surface area contributed by atoms with Crippen molar-refractivity contribution in [2.24, 2.45) is 0 Å². The lowest BCUT2D eigenvalue weighted by atomic mass is 9.84. The number of benzene rings is 1. The maximum Gasteiger partial charge on any atom is 0.325 e. The fourth-order valence-corrected chi connectivity index (χ4v) is 2.66. The number of urea groups is 1. The molecule has 1 aromatic carbocycles. The number of likely N-dealkylation sites (N-methyl/N-ethyl adjacent to an activating group) is 1. The van der Waals surface area contributed by atoms with E-state index in [-0.39, 0.29) is 11.9 Å². The van der Waals surface area contributed by atoms with Crippen molar-refractivity contribution in [3.8, 4) is 5.75 Å². The third-order valence-electron chi connectivity index (χ3n) is 3.57. The van der Waals surface area contributed by atoms with Gasteiger partial charge in [-0.25, -0.2) is 4.79 Å². The summed E-state index contributed by atoms with van der Waals surface area (Å²) < 4.78 is 5.54. The van der Waals surface area contributed by atoms with Gasteiger partial charge >= 0.3 is 6.03 Å². The zero-order valence-corrected chi connectivity index (χ0v) is 10.1. The number of para-hydroxylation sites is 1. The Labute approximate surface area is 105 Å². The summed E-state index contributed by atoms with van der Waals surface area (Å²) in [5.41, 5.74) is -0.173. The van der Waals surface area contributed by atoms with Crippen molar-refractivity contribution in [3.63, 3.8) is 0 Å². The van der Waals surface area contributed by atoms with Crippen LogP contribution in [0, 0.1) is 0 Å². The molecule has 1 atom stereocenters. The number of rotatable bonds is 1. The zero-order valence-electron chi connectivity index (χ0n) is 10.1. The number of hydrogen-bond donors (Lipinski definition) is 1. The number of nitrogens with zero attached hydrogens (tertiary/aromatic N) is 1. The summed E-state index contributed by atoms with van der Waals surface area (Å²) in [6.45, 7) is 2.61. The normalized spacial score (nSPS) is 25.9. The first-order valence-electron chi connectivity index (χ1n) is 6.05. The van der Waals surface area contributed by atoms with Crippen LogP contribution in [0.25, 0.3) is 0 Å². The minimum Gasteiger partial charge on any atom is -0.493 e. The van der Waals surface area contributed by atoms with Gasteiger partial charge in [0.15, 0.2) is 5.54 Å². The maximum absolute atomic E-state index is 12.5. The standard InChI is InChI=1S/C13H14N2O3/c1-2-15-11(16)13(14-12(15)17)7-8-18-10-6-4-3-5-9(10)13/h3-6H,2,7-8H2,1H3,(H,14,17)/t13-/m1/s1. The molecule has 0 saturated carbocycles. The van der Waals surface area contributed by atoms with Crippen molar-refractivity contribution in [2.75, 3.05) is 13.2 Å². The van der Waals surface area contributed by atoms with Gasteiger partial charge in [-0.2, -0.15) is 0 Å². The molecule has 2 heterocycles. The lowest BCUT2D eigenvalue weighted by Gasteiger charge is -2.33. The first-order chi connectivity index (χ1) is 8.69. The predicted octanol–water partition coefficient (Wildman–Crippen LogP) is 1.24. The average molecular weight is 246 g/mol. The molecule has 0 aliphatic carbocycles. The van der Waals surface area contributed by atoms with E-state index >= 15 is 0 Å². The first-order valence-corrected chi connectivity index (χ1v) is 6.05. The van der Waals surface area contributed by atoms with Crippen molar-refractivity contribution in [2.45, 2.75) is 18.9 Å². The Bertz CT molecular complexity index is 529. The maximum atomic E-state index is 12.5. The minimum atomic E-state index is -0.929. The first kappa shape index (κ1) is 11.1. The van der Waals surface area contributed by atoms with Crippen LogP contribution in [0.1, 0.15) is 18.9 Å². The van der Waals surface area contributed by atoms with Crippen LogP contribution in [0.4, 0.5) is 4.79 Å². The summed E-state index contributed by atoms with van der Waals surface area (Å²) in [7, 11) is 0. The topological polar surface area (TPSA) is 58.6 Å². The van der Waals surface area contributed by atoms with Crippen LogP contribution < -0.4 is 10.1 Å². The van der Waals surface area contributed by atoms with Crippen molar-refractivity contribution < 1.29 is 14.3 Å². The van der Waals surface area contributed by atoms with Gasteiger partial charge in [0.1, 0.15) is 5.75 Å². The quantitative estimate of drug-likeness (QED) is 0.758. The molecule has 5 nitrogen and oxygen atoms in total. The van der Waals surface area contributed by atoms with E-state index in [9.17, 15) is 9.59 Å². The van der Waals surface area contributed by atoms with Gasteiger partial charge in [-0.3, -0.25) is 9.69 Å². The molecule has 2 aliphatic rings. The molecule has 2 aliphatic heterocycles. The Balaban J connectivity index is 2.13. The smallest absolute Gasteiger partial charge is 0.325 e. The van der Waals surface area contributed by atoms with E-state index in [1.54, 1.807) is 6.92 Å². The van der Waals surface area contributed by atoms with Gasteiger partial charge in [0.25, 0.3) is 5.91 Å². The molecule has 5 heteroatoms. The van der Waals surface area contributed by atoms with Gasteiger partial charge in [0.05, 0.1) is 6.61 Å². The SMILES string of the molecule is CCN1C(=O)N[C@@]2(CCOc3ccccc32)C1=O. The Morgan fingerprint density at radius 2 is 2.17 bits per heavy atom. The summed E-state index contributed by atoms with van der Waals surface area (Å²) in [5, 5.41) is 2.83. The van der Waals surface area contributed by atoms with Crippen molar-refractivity contribution >= 4 is 11.9 Å². The van der Waals surface area contributed by atoms with Crippen LogP contribution in [0.15, 0.2) is 24.3 Å². The molecular weight excluding hydrogens is 232 g/mol. The van der Waals surface area contributed by atoms with Crippen LogP contribution in [0.5, 0.6) is 5.75 Å². The molecule has 0 bridgehead atoms. The van der Waals surface area contributed by atoms with E-state index in [1.807, 2.05) is 24.3 Å².